The van der Waals surface area contributed by atoms with E-state index < -0.39 is 5.92 Å². The van der Waals surface area contributed by atoms with Crippen molar-refractivity contribution in [2.75, 3.05) is 23.5 Å². The Balaban J connectivity index is 1.55. The molecular formula is C27H24N4O3S2. The summed E-state index contributed by atoms with van der Waals surface area (Å²) in [5, 5.41) is 21.6. The largest absolute Gasteiger partial charge is 0.497 e. The molecule has 0 spiro atoms. The van der Waals surface area contributed by atoms with Gasteiger partial charge < -0.3 is 20.7 Å². The van der Waals surface area contributed by atoms with Crippen LogP contribution in [0.1, 0.15) is 17.7 Å². The summed E-state index contributed by atoms with van der Waals surface area (Å²) in [6.07, 6.45) is 0. The van der Waals surface area contributed by atoms with Crippen molar-refractivity contribution in [2.45, 2.75) is 12.8 Å². The number of dihydropyridines is 1. The molecule has 0 saturated heterocycles. The van der Waals surface area contributed by atoms with Gasteiger partial charge in [0, 0.05) is 27.5 Å². The van der Waals surface area contributed by atoms with Gasteiger partial charge in [0.2, 0.25) is 5.91 Å². The second-order valence-electron chi connectivity index (χ2n) is 7.85. The molecule has 0 bridgehead atoms. The van der Waals surface area contributed by atoms with Gasteiger partial charge in [-0.15, -0.1) is 11.3 Å². The van der Waals surface area contributed by atoms with Crippen LogP contribution in [0.4, 0.5) is 11.4 Å². The molecule has 2 amide bonds. The highest BCUT2D eigenvalue weighted by atomic mass is 32.2. The van der Waals surface area contributed by atoms with E-state index >= 15 is 0 Å². The number of hydrogen-bond acceptors (Lipinski definition) is 7. The van der Waals surface area contributed by atoms with Crippen LogP contribution in [0.3, 0.4) is 0 Å². The Kier molecular flexibility index (Phi) is 8.10. The highest BCUT2D eigenvalue weighted by Crippen LogP contribution is 2.42. The first kappa shape index (κ1) is 25.1. The first-order valence-corrected chi connectivity index (χ1v) is 12.9. The van der Waals surface area contributed by atoms with Crippen molar-refractivity contribution in [3.05, 3.63) is 98.9 Å². The standard InChI is InChI=1S/C27H24N4O3S2/c1-17-24(26(33)31-18-7-4-3-5-8-18)25(22-9-6-14-35-22)21(15-28)27(29-17)36-16-23(32)30-19-10-12-20(34-2)13-11-19/h3-14,25,29H,16H2,1-2H3,(H,30,32)(H,31,33). The van der Waals surface area contributed by atoms with Gasteiger partial charge in [-0.25, -0.2) is 0 Å². The summed E-state index contributed by atoms with van der Waals surface area (Å²) in [7, 11) is 1.58. The fourth-order valence-corrected chi connectivity index (χ4v) is 5.53. The zero-order chi connectivity index (χ0) is 25.5. The average molecular weight is 517 g/mol. The average Bonchev–Trinajstić information content (AvgIpc) is 3.42. The number of nitriles is 1. The Bertz CT molecular complexity index is 1340. The summed E-state index contributed by atoms with van der Waals surface area (Å²) >= 11 is 2.72. The Morgan fingerprint density at radius 1 is 1.06 bits per heavy atom. The number of thioether (sulfide) groups is 1. The SMILES string of the molecule is COc1ccc(NC(=O)CSC2=C(C#N)C(c3cccs3)C(C(=O)Nc3ccccc3)=C(C)N2)cc1. The predicted octanol–water partition coefficient (Wildman–Crippen LogP) is 5.46. The molecule has 0 aliphatic carbocycles. The molecule has 1 aliphatic rings. The number of para-hydroxylation sites is 1. The lowest BCUT2D eigenvalue weighted by Crippen LogP contribution is -2.30. The first-order chi connectivity index (χ1) is 17.5. The molecule has 1 unspecified atom stereocenters. The molecule has 36 heavy (non-hydrogen) atoms. The third kappa shape index (κ3) is 5.79. The zero-order valence-corrected chi connectivity index (χ0v) is 21.3. The van der Waals surface area contributed by atoms with Gasteiger partial charge in [-0.1, -0.05) is 36.0 Å². The number of amides is 2. The minimum Gasteiger partial charge on any atom is -0.497 e. The highest BCUT2D eigenvalue weighted by molar-refractivity contribution is 8.03. The first-order valence-electron chi connectivity index (χ1n) is 11.1. The molecular weight excluding hydrogens is 492 g/mol. The van der Waals surface area contributed by atoms with E-state index in [0.29, 0.717) is 39.0 Å². The van der Waals surface area contributed by atoms with E-state index in [0.717, 1.165) is 4.88 Å². The maximum absolute atomic E-state index is 13.4. The number of carbonyl (C=O) groups excluding carboxylic acids is 2. The Morgan fingerprint density at radius 2 is 1.78 bits per heavy atom. The van der Waals surface area contributed by atoms with Crippen LogP contribution in [-0.4, -0.2) is 24.7 Å². The Hall–Kier alpha value is -4.00. The topological polar surface area (TPSA) is 103 Å². The summed E-state index contributed by atoms with van der Waals surface area (Å²) in [6, 6.07) is 22.4. The van der Waals surface area contributed by atoms with Crippen LogP contribution >= 0.6 is 23.1 Å². The van der Waals surface area contributed by atoms with E-state index in [-0.39, 0.29) is 17.6 Å². The summed E-state index contributed by atoms with van der Waals surface area (Å²) in [5.41, 5.74) is 2.85. The molecule has 7 nitrogen and oxygen atoms in total. The van der Waals surface area contributed by atoms with Crippen molar-refractivity contribution in [2.24, 2.45) is 0 Å². The van der Waals surface area contributed by atoms with Gasteiger partial charge >= 0.3 is 0 Å². The van der Waals surface area contributed by atoms with E-state index in [9.17, 15) is 14.9 Å². The predicted molar refractivity (Wildman–Crippen MR) is 145 cm³/mol. The maximum atomic E-state index is 13.4. The number of benzene rings is 2. The van der Waals surface area contributed by atoms with Crippen LogP contribution in [-0.2, 0) is 9.59 Å². The van der Waals surface area contributed by atoms with Crippen molar-refractivity contribution in [1.82, 2.24) is 5.32 Å². The lowest BCUT2D eigenvalue weighted by atomic mass is 9.86. The van der Waals surface area contributed by atoms with Crippen molar-refractivity contribution < 1.29 is 14.3 Å². The summed E-state index contributed by atoms with van der Waals surface area (Å²) in [4.78, 5) is 26.8. The zero-order valence-electron chi connectivity index (χ0n) is 19.7. The van der Waals surface area contributed by atoms with Gasteiger partial charge in [-0.2, -0.15) is 5.26 Å². The summed E-state index contributed by atoms with van der Waals surface area (Å²) < 4.78 is 5.14. The molecule has 3 aromatic rings. The van der Waals surface area contributed by atoms with Gasteiger partial charge in [0.25, 0.3) is 5.91 Å². The monoisotopic (exact) mass is 516 g/mol. The van der Waals surface area contributed by atoms with E-state index in [1.807, 2.05) is 54.8 Å². The normalized spacial score (nSPS) is 15.1. The highest BCUT2D eigenvalue weighted by Gasteiger charge is 2.35. The van der Waals surface area contributed by atoms with Crippen LogP contribution in [0.5, 0.6) is 5.75 Å². The van der Waals surface area contributed by atoms with Gasteiger partial charge in [-0.05, 0) is 54.8 Å². The number of anilines is 2. The number of hydrogen-bond donors (Lipinski definition) is 3. The number of rotatable bonds is 8. The number of allylic oxidation sites excluding steroid dienone is 2. The van der Waals surface area contributed by atoms with Crippen LogP contribution in [0.2, 0.25) is 0 Å². The lowest BCUT2D eigenvalue weighted by Gasteiger charge is -2.29. The number of methoxy groups -OCH3 is 1. The molecule has 1 aliphatic heterocycles. The third-order valence-corrected chi connectivity index (χ3v) is 7.43. The molecule has 0 radical (unpaired) electrons. The van der Waals surface area contributed by atoms with Gasteiger partial charge in [0.05, 0.1) is 35.5 Å². The molecule has 1 aromatic heterocycles. The second-order valence-corrected chi connectivity index (χ2v) is 9.82. The fourth-order valence-electron chi connectivity index (χ4n) is 3.80. The molecule has 2 heterocycles. The van der Waals surface area contributed by atoms with Crippen molar-refractivity contribution in [1.29, 1.82) is 5.26 Å². The van der Waals surface area contributed by atoms with E-state index in [4.69, 9.17) is 4.74 Å². The molecule has 9 heteroatoms. The molecule has 4 rings (SSSR count). The van der Waals surface area contributed by atoms with Crippen LogP contribution in [0, 0.1) is 11.3 Å². The second kappa shape index (κ2) is 11.6. The van der Waals surface area contributed by atoms with E-state index in [2.05, 4.69) is 22.0 Å². The summed E-state index contributed by atoms with van der Waals surface area (Å²) in [6.45, 7) is 1.81. The van der Waals surface area contributed by atoms with Crippen molar-refractivity contribution >= 4 is 46.3 Å². The minimum absolute atomic E-state index is 0.0928. The maximum Gasteiger partial charge on any atom is 0.254 e. The third-order valence-electron chi connectivity index (χ3n) is 5.47. The van der Waals surface area contributed by atoms with Gasteiger partial charge in [0.15, 0.2) is 0 Å². The summed E-state index contributed by atoms with van der Waals surface area (Å²) in [5.74, 6) is -0.230. The number of carbonyl (C=O) groups is 2. The number of ether oxygens (including phenoxy) is 1. The molecule has 182 valence electrons. The number of nitrogens with one attached hydrogen (secondary N) is 3. The van der Waals surface area contributed by atoms with E-state index in [1.165, 1.54) is 23.1 Å². The molecule has 0 fully saturated rings. The Labute approximate surface area is 217 Å². The molecule has 2 aromatic carbocycles. The van der Waals surface area contributed by atoms with Crippen LogP contribution in [0.15, 0.2) is 94.0 Å². The quantitative estimate of drug-likeness (QED) is 0.367. The number of thiophene rings is 1. The minimum atomic E-state index is -0.535. The van der Waals surface area contributed by atoms with E-state index in [1.54, 1.807) is 31.4 Å². The fraction of sp³-hybridized carbons (Fsp3) is 0.148. The molecule has 1 atom stereocenters. The number of nitrogens with zero attached hydrogens (tertiary/aromatic N) is 1. The lowest BCUT2D eigenvalue weighted by molar-refractivity contribution is -0.114. The molecule has 3 N–H and O–H groups in total. The van der Waals surface area contributed by atoms with Gasteiger partial charge in [0.1, 0.15) is 5.75 Å². The van der Waals surface area contributed by atoms with Crippen molar-refractivity contribution in [3.63, 3.8) is 0 Å². The van der Waals surface area contributed by atoms with Crippen LogP contribution in [0.25, 0.3) is 0 Å². The van der Waals surface area contributed by atoms with Crippen molar-refractivity contribution in [3.8, 4) is 11.8 Å². The van der Waals surface area contributed by atoms with Crippen LogP contribution < -0.4 is 20.7 Å². The Morgan fingerprint density at radius 3 is 2.42 bits per heavy atom. The molecule has 0 saturated carbocycles. The smallest absolute Gasteiger partial charge is 0.254 e. The van der Waals surface area contributed by atoms with Gasteiger partial charge in [-0.3, -0.25) is 9.59 Å².